The highest BCUT2D eigenvalue weighted by molar-refractivity contribution is 5.69. The maximum absolute atomic E-state index is 14.4. The Hall–Kier alpha value is -3.00. The van der Waals surface area contributed by atoms with Gasteiger partial charge in [0.25, 0.3) is 0 Å². The van der Waals surface area contributed by atoms with Crippen molar-refractivity contribution in [1.82, 2.24) is 0 Å². The average Bonchev–Trinajstić information content (AvgIpc) is 3.23. The highest BCUT2D eigenvalue weighted by Gasteiger charge is 2.34. The molecule has 7 nitrogen and oxygen atoms in total. The fraction of sp³-hybridized carbons (Fsp3) is 0.500. The molecule has 2 aromatic carbocycles. The van der Waals surface area contributed by atoms with Gasteiger partial charge in [-0.05, 0) is 42.8 Å². The number of methoxy groups -OCH3 is 2. The molecule has 0 spiro atoms. The Morgan fingerprint density at radius 3 is 2.50 bits per heavy atom. The van der Waals surface area contributed by atoms with E-state index in [0.717, 1.165) is 17.9 Å². The lowest BCUT2D eigenvalue weighted by Gasteiger charge is -2.38. The molecule has 2 aliphatic rings. The molecule has 2 aromatic rings. The highest BCUT2D eigenvalue weighted by Crippen LogP contribution is 2.33. The molecule has 2 fully saturated rings. The summed E-state index contributed by atoms with van der Waals surface area (Å²) in [5.41, 5.74) is 1.53. The molecule has 4 rings (SSSR count). The van der Waals surface area contributed by atoms with Crippen molar-refractivity contribution in [1.29, 1.82) is 0 Å². The predicted octanol–water partition coefficient (Wildman–Crippen LogP) is 4.20. The van der Waals surface area contributed by atoms with Crippen LogP contribution >= 0.6 is 0 Å². The van der Waals surface area contributed by atoms with E-state index in [1.807, 2.05) is 29.2 Å². The molecule has 0 amide bonds. The minimum Gasteiger partial charge on any atom is -0.497 e. The number of anilines is 2. The summed E-state index contributed by atoms with van der Waals surface area (Å²) in [6.45, 7) is 4.18. The van der Waals surface area contributed by atoms with Crippen LogP contribution in [0.5, 0.6) is 11.5 Å². The summed E-state index contributed by atoms with van der Waals surface area (Å²) in [7, 11) is 3.25. The van der Waals surface area contributed by atoms with Gasteiger partial charge in [0.15, 0.2) is 0 Å². The van der Waals surface area contributed by atoms with Gasteiger partial charge in [0, 0.05) is 56.9 Å². The van der Waals surface area contributed by atoms with Gasteiger partial charge in [0.05, 0.1) is 25.3 Å². The molecule has 2 saturated heterocycles. The second-order valence-corrected chi connectivity index (χ2v) is 9.18. The standard InChI is InChI=1S/C26H33FN2O5/c1-17-15-28(24-14-21(32-2)8-9-23(24)27)11-10-25(17)34-20-6-4-18(5-7-20)29-16-22(33-3)12-19(29)13-26(30)31/h4-9,14,17,19,22,25H,10-13,15-16H2,1-3H3,(H,30,31). The van der Waals surface area contributed by atoms with E-state index in [4.69, 9.17) is 14.2 Å². The molecule has 1 N–H and O–H groups in total. The van der Waals surface area contributed by atoms with Crippen LogP contribution in [0.15, 0.2) is 42.5 Å². The summed E-state index contributed by atoms with van der Waals surface area (Å²) in [5.74, 6) is 0.574. The summed E-state index contributed by atoms with van der Waals surface area (Å²) in [4.78, 5) is 15.4. The molecule has 2 aliphatic heterocycles. The van der Waals surface area contributed by atoms with Crippen LogP contribution in [-0.4, -0.2) is 63.2 Å². The SMILES string of the molecule is COc1ccc(F)c(N2CCC(Oc3ccc(N4CC(OC)CC4CC(=O)O)cc3)C(C)C2)c1. The number of ether oxygens (including phenoxy) is 3. The van der Waals surface area contributed by atoms with Crippen LogP contribution in [0.4, 0.5) is 15.8 Å². The second-order valence-electron chi connectivity index (χ2n) is 9.18. The smallest absolute Gasteiger partial charge is 0.305 e. The summed E-state index contributed by atoms with van der Waals surface area (Å²) in [5, 5.41) is 9.26. The van der Waals surface area contributed by atoms with E-state index >= 15 is 0 Å². The van der Waals surface area contributed by atoms with Gasteiger partial charge in [-0.15, -0.1) is 0 Å². The Bertz CT molecular complexity index is 986. The third-order valence-electron chi connectivity index (χ3n) is 6.90. The van der Waals surface area contributed by atoms with Crippen molar-refractivity contribution in [2.24, 2.45) is 5.92 Å². The molecular formula is C26H33FN2O5. The molecule has 0 aliphatic carbocycles. The molecule has 34 heavy (non-hydrogen) atoms. The van der Waals surface area contributed by atoms with Crippen LogP contribution in [-0.2, 0) is 9.53 Å². The van der Waals surface area contributed by atoms with Crippen molar-refractivity contribution >= 4 is 17.3 Å². The van der Waals surface area contributed by atoms with Crippen molar-refractivity contribution < 1.29 is 28.5 Å². The Morgan fingerprint density at radius 1 is 1.12 bits per heavy atom. The van der Waals surface area contributed by atoms with Crippen LogP contribution in [0.25, 0.3) is 0 Å². The Labute approximate surface area is 200 Å². The Balaban J connectivity index is 1.38. The normalized spacial score (nSPS) is 24.8. The molecule has 2 heterocycles. The third kappa shape index (κ3) is 5.38. The lowest BCUT2D eigenvalue weighted by atomic mass is 9.95. The van der Waals surface area contributed by atoms with E-state index in [9.17, 15) is 14.3 Å². The quantitative estimate of drug-likeness (QED) is 0.618. The van der Waals surface area contributed by atoms with Gasteiger partial charge in [-0.1, -0.05) is 6.92 Å². The third-order valence-corrected chi connectivity index (χ3v) is 6.90. The number of benzene rings is 2. The maximum Gasteiger partial charge on any atom is 0.305 e. The lowest BCUT2D eigenvalue weighted by Crippen LogP contribution is -2.44. The Kier molecular flexibility index (Phi) is 7.46. The van der Waals surface area contributed by atoms with Crippen LogP contribution < -0.4 is 19.3 Å². The number of hydrogen-bond donors (Lipinski definition) is 1. The number of nitrogens with zero attached hydrogens (tertiary/aromatic N) is 2. The van der Waals surface area contributed by atoms with Gasteiger partial charge in [-0.2, -0.15) is 0 Å². The number of aliphatic carboxylic acids is 1. The van der Waals surface area contributed by atoms with E-state index in [-0.39, 0.29) is 36.4 Å². The van der Waals surface area contributed by atoms with Crippen molar-refractivity contribution in [2.75, 3.05) is 43.7 Å². The van der Waals surface area contributed by atoms with Crippen molar-refractivity contribution in [3.63, 3.8) is 0 Å². The molecule has 4 unspecified atom stereocenters. The van der Waals surface area contributed by atoms with E-state index in [1.165, 1.54) is 6.07 Å². The number of carboxylic acid groups (broad SMARTS) is 1. The zero-order chi connectivity index (χ0) is 24.2. The largest absolute Gasteiger partial charge is 0.497 e. The molecule has 0 aromatic heterocycles. The molecule has 4 atom stereocenters. The molecule has 0 bridgehead atoms. The van der Waals surface area contributed by atoms with Gasteiger partial charge >= 0.3 is 5.97 Å². The minimum atomic E-state index is -0.805. The highest BCUT2D eigenvalue weighted by atomic mass is 19.1. The molecule has 8 heteroatoms. The number of piperidine rings is 1. The zero-order valence-electron chi connectivity index (χ0n) is 19.9. The van der Waals surface area contributed by atoms with E-state index < -0.39 is 5.97 Å². The molecule has 0 radical (unpaired) electrons. The molecule has 0 saturated carbocycles. The van der Waals surface area contributed by atoms with E-state index in [2.05, 4.69) is 11.8 Å². The van der Waals surface area contributed by atoms with Crippen LogP contribution in [0, 0.1) is 11.7 Å². The maximum atomic E-state index is 14.4. The minimum absolute atomic E-state index is 0.0280. The van der Waals surface area contributed by atoms with Crippen LogP contribution in [0.1, 0.15) is 26.2 Å². The zero-order valence-corrected chi connectivity index (χ0v) is 19.9. The van der Waals surface area contributed by atoms with E-state index in [1.54, 1.807) is 26.4 Å². The number of hydrogen-bond acceptors (Lipinski definition) is 6. The van der Waals surface area contributed by atoms with Gasteiger partial charge in [-0.25, -0.2) is 4.39 Å². The average molecular weight is 473 g/mol. The number of halogens is 1. The number of carboxylic acids is 1. The fourth-order valence-corrected chi connectivity index (χ4v) is 5.03. The van der Waals surface area contributed by atoms with Crippen LogP contribution in [0.3, 0.4) is 0 Å². The number of rotatable bonds is 8. The lowest BCUT2D eigenvalue weighted by molar-refractivity contribution is -0.137. The summed E-state index contributed by atoms with van der Waals surface area (Å²) >= 11 is 0. The molecule has 184 valence electrons. The fourth-order valence-electron chi connectivity index (χ4n) is 5.03. The van der Waals surface area contributed by atoms with Crippen molar-refractivity contribution in [2.45, 2.75) is 44.4 Å². The van der Waals surface area contributed by atoms with Crippen LogP contribution in [0.2, 0.25) is 0 Å². The monoisotopic (exact) mass is 472 g/mol. The first-order valence-corrected chi connectivity index (χ1v) is 11.7. The van der Waals surface area contributed by atoms with Crippen molar-refractivity contribution in [3.05, 3.63) is 48.3 Å². The van der Waals surface area contributed by atoms with Gasteiger partial charge in [-0.3, -0.25) is 4.79 Å². The van der Waals surface area contributed by atoms with Gasteiger partial charge in [0.1, 0.15) is 23.4 Å². The number of carbonyl (C=O) groups is 1. The predicted molar refractivity (Wildman–Crippen MR) is 129 cm³/mol. The van der Waals surface area contributed by atoms with Gasteiger partial charge in [0.2, 0.25) is 0 Å². The first-order chi connectivity index (χ1) is 16.4. The summed E-state index contributed by atoms with van der Waals surface area (Å²) in [6.07, 6.45) is 1.62. The van der Waals surface area contributed by atoms with Gasteiger partial charge < -0.3 is 29.1 Å². The topological polar surface area (TPSA) is 71.5 Å². The first kappa shape index (κ1) is 24.1. The van der Waals surface area contributed by atoms with Crippen molar-refractivity contribution in [3.8, 4) is 11.5 Å². The van der Waals surface area contributed by atoms with E-state index in [0.29, 0.717) is 37.5 Å². The first-order valence-electron chi connectivity index (χ1n) is 11.7. The molecular weight excluding hydrogens is 439 g/mol. The summed E-state index contributed by atoms with van der Waals surface area (Å²) < 4.78 is 31.4. The summed E-state index contributed by atoms with van der Waals surface area (Å²) in [6, 6.07) is 12.6. The second kappa shape index (κ2) is 10.5. The Morgan fingerprint density at radius 2 is 1.85 bits per heavy atom.